The summed E-state index contributed by atoms with van der Waals surface area (Å²) in [5.74, 6) is 0.878. The van der Waals surface area contributed by atoms with Crippen LogP contribution in [0.1, 0.15) is 18.4 Å². The van der Waals surface area contributed by atoms with E-state index in [1.54, 1.807) is 0 Å². The molecule has 1 aromatic carbocycles. The van der Waals surface area contributed by atoms with E-state index in [4.69, 9.17) is 0 Å². The monoisotopic (exact) mass is 216 g/mol. The molecule has 1 heteroatoms. The maximum absolute atomic E-state index is 2.44. The first kappa shape index (κ1) is 9.53. The summed E-state index contributed by atoms with van der Waals surface area (Å²) >= 11 is 2.19. The molecule has 1 aromatic rings. The van der Waals surface area contributed by atoms with Gasteiger partial charge in [-0.05, 0) is 30.7 Å². The summed E-state index contributed by atoms with van der Waals surface area (Å²) in [7, 11) is 0. The SMILES string of the molecule is C1=C[C@H]2C[C@@H]1[C@@H](CCc1ccccc1)S2. The first-order valence-electron chi connectivity index (χ1n) is 5.79. The van der Waals surface area contributed by atoms with E-state index in [2.05, 4.69) is 54.2 Å². The van der Waals surface area contributed by atoms with Crippen molar-refractivity contribution in [2.75, 3.05) is 0 Å². The summed E-state index contributed by atoms with van der Waals surface area (Å²) in [6.07, 6.45) is 8.84. The third kappa shape index (κ3) is 1.98. The van der Waals surface area contributed by atoms with Crippen molar-refractivity contribution in [3.8, 4) is 0 Å². The van der Waals surface area contributed by atoms with Crippen molar-refractivity contribution < 1.29 is 0 Å². The molecule has 1 heterocycles. The number of thioether (sulfide) groups is 1. The molecule has 2 bridgehead atoms. The zero-order chi connectivity index (χ0) is 10.1. The van der Waals surface area contributed by atoms with E-state index >= 15 is 0 Å². The Morgan fingerprint density at radius 1 is 1.13 bits per heavy atom. The zero-order valence-electron chi connectivity index (χ0n) is 8.80. The normalized spacial score (nSPS) is 32.4. The minimum Gasteiger partial charge on any atom is -0.150 e. The van der Waals surface area contributed by atoms with Gasteiger partial charge in [-0.1, -0.05) is 42.5 Å². The minimum absolute atomic E-state index is 0.843. The van der Waals surface area contributed by atoms with Gasteiger partial charge >= 0.3 is 0 Å². The van der Waals surface area contributed by atoms with E-state index in [0.29, 0.717) is 0 Å². The fourth-order valence-corrected chi connectivity index (χ4v) is 4.25. The largest absolute Gasteiger partial charge is 0.150 e. The number of allylic oxidation sites excluding steroid dienone is 1. The number of hydrogen-bond donors (Lipinski definition) is 0. The molecule has 1 aliphatic carbocycles. The Kier molecular flexibility index (Phi) is 2.57. The Labute approximate surface area is 95.8 Å². The Bertz CT molecular complexity index is 355. The molecule has 1 aliphatic heterocycles. The predicted molar refractivity (Wildman–Crippen MR) is 67.2 cm³/mol. The molecule has 3 atom stereocenters. The summed E-state index contributed by atoms with van der Waals surface area (Å²) in [5, 5.41) is 1.73. The fraction of sp³-hybridized carbons (Fsp3) is 0.429. The molecule has 15 heavy (non-hydrogen) atoms. The molecule has 1 saturated heterocycles. The Morgan fingerprint density at radius 3 is 2.67 bits per heavy atom. The van der Waals surface area contributed by atoms with Gasteiger partial charge < -0.3 is 0 Å². The minimum atomic E-state index is 0.843. The van der Waals surface area contributed by atoms with Gasteiger partial charge in [0.05, 0.1) is 0 Å². The second kappa shape index (κ2) is 4.05. The lowest BCUT2D eigenvalue weighted by atomic mass is 9.99. The number of fused-ring (bicyclic) bond motifs is 2. The number of rotatable bonds is 3. The van der Waals surface area contributed by atoms with Crippen LogP contribution in [0.25, 0.3) is 0 Å². The topological polar surface area (TPSA) is 0 Å². The smallest absolute Gasteiger partial charge is 0.0236 e. The molecule has 0 unspecified atom stereocenters. The molecule has 0 aromatic heterocycles. The van der Waals surface area contributed by atoms with E-state index in [9.17, 15) is 0 Å². The van der Waals surface area contributed by atoms with Gasteiger partial charge in [0, 0.05) is 10.5 Å². The Balaban J connectivity index is 1.57. The van der Waals surface area contributed by atoms with Gasteiger partial charge in [-0.2, -0.15) is 11.8 Å². The average Bonchev–Trinajstić information content (AvgIpc) is 2.89. The van der Waals surface area contributed by atoms with Crippen molar-refractivity contribution in [1.82, 2.24) is 0 Å². The molecule has 1 fully saturated rings. The second-order valence-corrected chi connectivity index (χ2v) is 6.00. The molecule has 0 nitrogen and oxygen atoms in total. The van der Waals surface area contributed by atoms with Gasteiger partial charge in [-0.15, -0.1) is 0 Å². The molecule has 78 valence electrons. The molecule has 0 spiro atoms. The van der Waals surface area contributed by atoms with Crippen molar-refractivity contribution in [3.63, 3.8) is 0 Å². The summed E-state index contributed by atoms with van der Waals surface area (Å²) < 4.78 is 0. The van der Waals surface area contributed by atoms with Crippen LogP contribution in [0.5, 0.6) is 0 Å². The standard InChI is InChI=1S/C14H16S/c1-2-4-11(5-3-1)6-9-14-12-7-8-13(10-12)15-14/h1-5,7-8,12-14H,6,9-10H2/t12-,13+,14-/m1/s1. The van der Waals surface area contributed by atoms with Gasteiger partial charge in [0.25, 0.3) is 0 Å². The highest BCUT2D eigenvalue weighted by Crippen LogP contribution is 2.46. The molecule has 0 saturated carbocycles. The number of hydrogen-bond acceptors (Lipinski definition) is 1. The highest BCUT2D eigenvalue weighted by molar-refractivity contribution is 8.01. The third-order valence-electron chi connectivity index (χ3n) is 3.46. The number of benzene rings is 1. The molecule has 0 amide bonds. The second-order valence-electron chi connectivity index (χ2n) is 4.52. The van der Waals surface area contributed by atoms with Gasteiger partial charge in [0.1, 0.15) is 0 Å². The zero-order valence-corrected chi connectivity index (χ0v) is 9.62. The quantitative estimate of drug-likeness (QED) is 0.695. The van der Waals surface area contributed by atoms with Crippen LogP contribution in [0.3, 0.4) is 0 Å². The summed E-state index contributed by atoms with van der Waals surface area (Å²) in [6.45, 7) is 0. The van der Waals surface area contributed by atoms with Crippen molar-refractivity contribution in [2.45, 2.75) is 29.8 Å². The summed E-state index contributed by atoms with van der Waals surface area (Å²) in [4.78, 5) is 0. The molecular weight excluding hydrogens is 200 g/mol. The average molecular weight is 216 g/mol. The predicted octanol–water partition coefficient (Wildman–Crippen LogP) is 3.68. The van der Waals surface area contributed by atoms with E-state index in [-0.39, 0.29) is 0 Å². The molecule has 2 aliphatic rings. The van der Waals surface area contributed by atoms with Crippen LogP contribution in [0, 0.1) is 5.92 Å². The lowest BCUT2D eigenvalue weighted by Crippen LogP contribution is -2.10. The van der Waals surface area contributed by atoms with Crippen LogP contribution >= 0.6 is 11.8 Å². The Hall–Kier alpha value is -0.690. The van der Waals surface area contributed by atoms with Gasteiger partial charge in [0.15, 0.2) is 0 Å². The highest BCUT2D eigenvalue weighted by Gasteiger charge is 2.35. The summed E-state index contributed by atoms with van der Waals surface area (Å²) in [5.41, 5.74) is 1.49. The molecular formula is C14H16S. The van der Waals surface area contributed by atoms with Crippen LogP contribution in [-0.4, -0.2) is 10.5 Å². The first-order valence-corrected chi connectivity index (χ1v) is 6.74. The van der Waals surface area contributed by atoms with Gasteiger partial charge in [0.2, 0.25) is 0 Å². The third-order valence-corrected chi connectivity index (χ3v) is 5.10. The Morgan fingerprint density at radius 2 is 2.00 bits per heavy atom. The van der Waals surface area contributed by atoms with E-state index in [0.717, 1.165) is 16.4 Å². The van der Waals surface area contributed by atoms with E-state index in [1.165, 1.54) is 24.8 Å². The number of aryl methyl sites for hydroxylation is 1. The van der Waals surface area contributed by atoms with E-state index < -0.39 is 0 Å². The maximum atomic E-state index is 2.44. The molecule has 3 rings (SSSR count). The fourth-order valence-electron chi connectivity index (χ4n) is 2.63. The van der Waals surface area contributed by atoms with Gasteiger partial charge in [-0.3, -0.25) is 0 Å². The maximum Gasteiger partial charge on any atom is 0.0236 e. The van der Waals surface area contributed by atoms with Gasteiger partial charge in [-0.25, -0.2) is 0 Å². The van der Waals surface area contributed by atoms with Crippen LogP contribution < -0.4 is 0 Å². The lowest BCUT2D eigenvalue weighted by Gasteiger charge is -2.17. The lowest BCUT2D eigenvalue weighted by molar-refractivity contribution is 0.600. The summed E-state index contributed by atoms with van der Waals surface area (Å²) in [6, 6.07) is 10.9. The van der Waals surface area contributed by atoms with Crippen LogP contribution in [0.4, 0.5) is 0 Å². The van der Waals surface area contributed by atoms with Crippen molar-refractivity contribution >= 4 is 11.8 Å². The highest BCUT2D eigenvalue weighted by atomic mass is 32.2. The van der Waals surface area contributed by atoms with Crippen LogP contribution in [0.15, 0.2) is 42.5 Å². The molecule has 0 N–H and O–H groups in total. The first-order chi connectivity index (χ1) is 7.42. The van der Waals surface area contributed by atoms with Crippen LogP contribution in [-0.2, 0) is 6.42 Å². The molecule has 0 radical (unpaired) electrons. The van der Waals surface area contributed by atoms with Crippen molar-refractivity contribution in [3.05, 3.63) is 48.0 Å². The van der Waals surface area contributed by atoms with Crippen LogP contribution in [0.2, 0.25) is 0 Å². The van der Waals surface area contributed by atoms with E-state index in [1.807, 2.05) is 0 Å². The van der Waals surface area contributed by atoms with Crippen molar-refractivity contribution in [2.24, 2.45) is 5.92 Å². The van der Waals surface area contributed by atoms with Crippen molar-refractivity contribution in [1.29, 1.82) is 0 Å².